The summed E-state index contributed by atoms with van der Waals surface area (Å²) >= 11 is 6.87. The number of anilines is 2. The number of imide groups is 1. The Kier molecular flexibility index (Phi) is 3.86. The lowest BCUT2D eigenvalue weighted by atomic mass is 10.3. The van der Waals surface area contributed by atoms with Crippen LogP contribution in [0.2, 0.25) is 5.02 Å². The molecule has 0 saturated carbocycles. The van der Waals surface area contributed by atoms with Crippen molar-refractivity contribution in [3.05, 3.63) is 59.6 Å². The van der Waals surface area contributed by atoms with Crippen molar-refractivity contribution in [2.24, 2.45) is 0 Å². The average molecular weight is 319 g/mol. The van der Waals surface area contributed by atoms with Crippen molar-refractivity contribution in [2.45, 2.75) is 5.37 Å². The SMILES string of the molecule is O=C1SC(Nc2cccc(Cl)c2)C(=O)N1c1ccccc1. The van der Waals surface area contributed by atoms with Crippen LogP contribution in [0.5, 0.6) is 0 Å². The Morgan fingerprint density at radius 2 is 1.81 bits per heavy atom. The minimum Gasteiger partial charge on any atom is -0.365 e. The summed E-state index contributed by atoms with van der Waals surface area (Å²) in [6.45, 7) is 0. The van der Waals surface area contributed by atoms with E-state index in [1.165, 1.54) is 4.90 Å². The summed E-state index contributed by atoms with van der Waals surface area (Å²) in [4.78, 5) is 25.6. The number of hydrogen-bond donors (Lipinski definition) is 1. The Morgan fingerprint density at radius 1 is 1.05 bits per heavy atom. The molecule has 2 aromatic rings. The molecule has 0 radical (unpaired) electrons. The standard InChI is InChI=1S/C15H11ClN2O2S/c16-10-5-4-6-11(9-10)17-13-14(19)18(15(20)21-13)12-7-2-1-3-8-12/h1-9,13,17H. The molecule has 2 aromatic carbocycles. The van der Waals surface area contributed by atoms with Crippen molar-refractivity contribution in [3.63, 3.8) is 0 Å². The molecule has 1 fully saturated rings. The first kappa shape index (κ1) is 14.0. The number of hydrogen-bond acceptors (Lipinski definition) is 4. The van der Waals surface area contributed by atoms with Gasteiger partial charge in [0.1, 0.15) is 0 Å². The van der Waals surface area contributed by atoms with Gasteiger partial charge in [0.25, 0.3) is 11.1 Å². The van der Waals surface area contributed by atoms with Crippen LogP contribution in [-0.4, -0.2) is 16.5 Å². The van der Waals surface area contributed by atoms with Crippen LogP contribution in [0.3, 0.4) is 0 Å². The van der Waals surface area contributed by atoms with Crippen LogP contribution < -0.4 is 10.2 Å². The molecule has 1 saturated heterocycles. The van der Waals surface area contributed by atoms with Crippen LogP contribution in [0.15, 0.2) is 54.6 Å². The van der Waals surface area contributed by atoms with Gasteiger partial charge in [-0.1, -0.05) is 35.9 Å². The van der Waals surface area contributed by atoms with Crippen molar-refractivity contribution in [1.29, 1.82) is 0 Å². The molecule has 0 aliphatic carbocycles. The Bertz CT molecular complexity index is 693. The number of thioether (sulfide) groups is 1. The second-order valence-corrected chi connectivity index (χ2v) is 5.92. The van der Waals surface area contributed by atoms with Crippen molar-refractivity contribution < 1.29 is 9.59 Å². The molecule has 21 heavy (non-hydrogen) atoms. The molecular weight excluding hydrogens is 308 g/mol. The molecule has 3 rings (SSSR count). The van der Waals surface area contributed by atoms with E-state index in [1.54, 1.807) is 48.5 Å². The molecule has 1 heterocycles. The highest BCUT2D eigenvalue weighted by atomic mass is 35.5. The number of nitrogens with zero attached hydrogens (tertiary/aromatic N) is 1. The number of nitrogens with one attached hydrogen (secondary N) is 1. The van der Waals surface area contributed by atoms with Crippen LogP contribution in [0, 0.1) is 0 Å². The van der Waals surface area contributed by atoms with Gasteiger partial charge in [0, 0.05) is 10.7 Å². The van der Waals surface area contributed by atoms with Crippen molar-refractivity contribution in [1.82, 2.24) is 0 Å². The lowest BCUT2D eigenvalue weighted by molar-refractivity contribution is -0.116. The third-order valence-electron chi connectivity index (χ3n) is 2.98. The smallest absolute Gasteiger partial charge is 0.295 e. The molecule has 0 aromatic heterocycles. The molecule has 0 spiro atoms. The van der Waals surface area contributed by atoms with E-state index in [-0.39, 0.29) is 11.1 Å². The summed E-state index contributed by atoms with van der Waals surface area (Å²) < 4.78 is 0. The third kappa shape index (κ3) is 2.89. The second kappa shape index (κ2) is 5.79. The second-order valence-electron chi connectivity index (χ2n) is 4.43. The molecule has 6 heteroatoms. The van der Waals surface area contributed by atoms with Crippen LogP contribution in [0.25, 0.3) is 0 Å². The largest absolute Gasteiger partial charge is 0.365 e. The van der Waals surface area contributed by atoms with Crippen LogP contribution in [0.4, 0.5) is 16.2 Å². The third-order valence-corrected chi connectivity index (χ3v) is 4.16. The highest BCUT2D eigenvalue weighted by Gasteiger charge is 2.40. The number of para-hydroxylation sites is 1. The molecule has 1 atom stereocenters. The normalized spacial score (nSPS) is 18.1. The first-order chi connectivity index (χ1) is 10.1. The van der Waals surface area contributed by atoms with E-state index in [1.807, 2.05) is 6.07 Å². The quantitative estimate of drug-likeness (QED) is 0.930. The van der Waals surface area contributed by atoms with E-state index in [9.17, 15) is 9.59 Å². The Labute approximate surface area is 131 Å². The summed E-state index contributed by atoms with van der Waals surface area (Å²) in [7, 11) is 0. The summed E-state index contributed by atoms with van der Waals surface area (Å²) in [5, 5.41) is 2.67. The van der Waals surface area contributed by atoms with Gasteiger partial charge >= 0.3 is 0 Å². The number of carbonyl (C=O) groups is 2. The summed E-state index contributed by atoms with van der Waals surface area (Å²) in [6, 6.07) is 15.9. The highest BCUT2D eigenvalue weighted by Crippen LogP contribution is 2.32. The molecule has 1 aliphatic heterocycles. The first-order valence-corrected chi connectivity index (χ1v) is 7.52. The lowest BCUT2D eigenvalue weighted by Gasteiger charge is -2.14. The Hall–Kier alpha value is -1.98. The van der Waals surface area contributed by atoms with Crippen molar-refractivity contribution >= 4 is 45.9 Å². The molecule has 1 aliphatic rings. The molecule has 0 bridgehead atoms. The minimum atomic E-state index is -0.642. The highest BCUT2D eigenvalue weighted by molar-refractivity contribution is 8.16. The fraction of sp³-hybridized carbons (Fsp3) is 0.0667. The molecule has 106 valence electrons. The average Bonchev–Trinajstić information content (AvgIpc) is 2.74. The van der Waals surface area contributed by atoms with Gasteiger partial charge in [-0.25, -0.2) is 4.90 Å². The van der Waals surface area contributed by atoms with Gasteiger partial charge in [0.15, 0.2) is 5.37 Å². The summed E-state index contributed by atoms with van der Waals surface area (Å²) in [5.74, 6) is -0.281. The van der Waals surface area contributed by atoms with Gasteiger partial charge in [-0.3, -0.25) is 9.59 Å². The predicted octanol–water partition coefficient (Wildman–Crippen LogP) is 3.98. The van der Waals surface area contributed by atoms with Gasteiger partial charge in [-0.2, -0.15) is 0 Å². The zero-order chi connectivity index (χ0) is 14.8. The fourth-order valence-corrected chi connectivity index (χ4v) is 3.14. The number of halogens is 1. The van der Waals surface area contributed by atoms with Crippen molar-refractivity contribution in [2.75, 3.05) is 10.2 Å². The number of amides is 2. The molecule has 1 unspecified atom stereocenters. The van der Waals surface area contributed by atoms with E-state index >= 15 is 0 Å². The van der Waals surface area contributed by atoms with Crippen LogP contribution >= 0.6 is 23.4 Å². The van der Waals surface area contributed by atoms with E-state index in [0.717, 1.165) is 11.8 Å². The predicted molar refractivity (Wildman–Crippen MR) is 85.8 cm³/mol. The van der Waals surface area contributed by atoms with Gasteiger partial charge in [0.05, 0.1) is 5.69 Å². The minimum absolute atomic E-state index is 0.281. The maximum Gasteiger partial charge on any atom is 0.295 e. The van der Waals surface area contributed by atoms with E-state index in [0.29, 0.717) is 16.4 Å². The number of benzene rings is 2. The van der Waals surface area contributed by atoms with E-state index in [4.69, 9.17) is 11.6 Å². The maximum atomic E-state index is 12.4. The number of carbonyl (C=O) groups excluding carboxylic acids is 2. The molecule has 4 nitrogen and oxygen atoms in total. The maximum absolute atomic E-state index is 12.4. The number of rotatable bonds is 3. The van der Waals surface area contributed by atoms with Gasteiger partial charge in [0.2, 0.25) is 0 Å². The van der Waals surface area contributed by atoms with Gasteiger partial charge < -0.3 is 5.32 Å². The first-order valence-electron chi connectivity index (χ1n) is 6.27. The van der Waals surface area contributed by atoms with Crippen molar-refractivity contribution in [3.8, 4) is 0 Å². The summed E-state index contributed by atoms with van der Waals surface area (Å²) in [5.41, 5.74) is 1.28. The monoisotopic (exact) mass is 318 g/mol. The molecule has 2 amide bonds. The van der Waals surface area contributed by atoms with E-state index in [2.05, 4.69) is 5.32 Å². The fourth-order valence-electron chi connectivity index (χ4n) is 2.04. The van der Waals surface area contributed by atoms with Gasteiger partial charge in [-0.05, 0) is 42.1 Å². The Balaban J connectivity index is 1.81. The zero-order valence-corrected chi connectivity index (χ0v) is 12.4. The zero-order valence-electron chi connectivity index (χ0n) is 10.8. The van der Waals surface area contributed by atoms with E-state index < -0.39 is 5.37 Å². The van der Waals surface area contributed by atoms with Crippen LogP contribution in [-0.2, 0) is 4.79 Å². The molecular formula is C15H11ClN2O2S. The van der Waals surface area contributed by atoms with Crippen LogP contribution in [0.1, 0.15) is 0 Å². The topological polar surface area (TPSA) is 49.4 Å². The summed E-state index contributed by atoms with van der Waals surface area (Å²) in [6.07, 6.45) is 0. The molecule has 1 N–H and O–H groups in total. The van der Waals surface area contributed by atoms with Gasteiger partial charge in [-0.15, -0.1) is 0 Å². The lowest BCUT2D eigenvalue weighted by Crippen LogP contribution is -2.34. The Morgan fingerprint density at radius 3 is 2.52 bits per heavy atom.